The number of hydrogen-bond acceptors (Lipinski definition) is 3. The van der Waals surface area contributed by atoms with E-state index in [0.717, 1.165) is 19.1 Å². The topological polar surface area (TPSA) is 35.5 Å². The molecule has 0 unspecified atom stereocenters. The molecule has 0 amide bonds. The summed E-state index contributed by atoms with van der Waals surface area (Å²) in [4.78, 5) is 11.7. The van der Waals surface area contributed by atoms with Crippen molar-refractivity contribution in [1.82, 2.24) is 0 Å². The molecule has 0 aliphatic carbocycles. The van der Waals surface area contributed by atoms with Crippen LogP contribution in [0.4, 0.5) is 26.3 Å². The summed E-state index contributed by atoms with van der Waals surface area (Å²) in [7, 11) is 0. The maximum absolute atomic E-state index is 13.3. The van der Waals surface area contributed by atoms with E-state index >= 15 is 0 Å². The SMILES string of the molecule is CCOC(=O)C(Oc1ccc(-c2ccccc2)cc1)(C(F)(F)F)C(F)(F)F. The first-order chi connectivity index (χ1) is 12.5. The van der Waals surface area contributed by atoms with E-state index in [1.54, 1.807) is 30.3 Å². The zero-order valence-electron chi connectivity index (χ0n) is 13.9. The quantitative estimate of drug-likeness (QED) is 0.521. The van der Waals surface area contributed by atoms with Crippen molar-refractivity contribution in [2.75, 3.05) is 6.61 Å². The Balaban J connectivity index is 2.45. The second-order valence-electron chi connectivity index (χ2n) is 5.39. The Labute approximate surface area is 150 Å². The Morgan fingerprint density at radius 2 is 1.30 bits per heavy atom. The molecule has 146 valence electrons. The fraction of sp³-hybridized carbons (Fsp3) is 0.278. The summed E-state index contributed by atoms with van der Waals surface area (Å²) in [6.07, 6.45) is -12.2. The standard InChI is InChI=1S/C18H14F6O3/c1-2-26-15(25)16(17(19,20)21,18(22,23)24)27-14-10-8-13(9-11-14)12-6-4-3-5-7-12/h3-11H,2H2,1H3. The summed E-state index contributed by atoms with van der Waals surface area (Å²) >= 11 is 0. The molecule has 0 spiro atoms. The number of halogens is 6. The lowest BCUT2D eigenvalue weighted by atomic mass is 10.0. The lowest BCUT2D eigenvalue weighted by molar-refractivity contribution is -0.347. The molecule has 0 saturated heterocycles. The van der Waals surface area contributed by atoms with Crippen molar-refractivity contribution in [3.8, 4) is 16.9 Å². The molecule has 0 radical (unpaired) electrons. The minimum absolute atomic E-state index is 0.545. The number of esters is 1. The first-order valence-electron chi connectivity index (χ1n) is 7.68. The zero-order valence-corrected chi connectivity index (χ0v) is 13.9. The van der Waals surface area contributed by atoms with Gasteiger partial charge in [0.2, 0.25) is 0 Å². The van der Waals surface area contributed by atoms with Crippen LogP contribution in [0.3, 0.4) is 0 Å². The monoisotopic (exact) mass is 392 g/mol. The van der Waals surface area contributed by atoms with Gasteiger partial charge in [0, 0.05) is 0 Å². The molecule has 0 atom stereocenters. The van der Waals surface area contributed by atoms with Gasteiger partial charge in [0.15, 0.2) is 0 Å². The van der Waals surface area contributed by atoms with Gasteiger partial charge in [-0.05, 0) is 30.2 Å². The van der Waals surface area contributed by atoms with Crippen LogP contribution in [-0.4, -0.2) is 30.5 Å². The summed E-state index contributed by atoms with van der Waals surface area (Å²) in [5.74, 6) is -3.35. The smallest absolute Gasteiger partial charge is 0.449 e. The predicted molar refractivity (Wildman–Crippen MR) is 84.0 cm³/mol. The molecule has 0 N–H and O–H groups in total. The van der Waals surface area contributed by atoms with E-state index in [4.69, 9.17) is 0 Å². The molecule has 2 rings (SSSR count). The third-order valence-corrected chi connectivity index (χ3v) is 3.59. The fourth-order valence-corrected chi connectivity index (χ4v) is 2.31. The van der Waals surface area contributed by atoms with Gasteiger partial charge in [0.05, 0.1) is 6.61 Å². The molecule has 2 aromatic carbocycles. The highest BCUT2D eigenvalue weighted by Gasteiger charge is 2.80. The molecule has 0 aliphatic rings. The lowest BCUT2D eigenvalue weighted by Gasteiger charge is -2.34. The van der Waals surface area contributed by atoms with Crippen molar-refractivity contribution >= 4 is 5.97 Å². The second kappa shape index (κ2) is 7.50. The first-order valence-corrected chi connectivity index (χ1v) is 7.68. The van der Waals surface area contributed by atoms with Gasteiger partial charge >= 0.3 is 23.9 Å². The minimum atomic E-state index is -6.09. The molecule has 0 fully saturated rings. The van der Waals surface area contributed by atoms with E-state index in [-0.39, 0.29) is 0 Å². The summed E-state index contributed by atoms with van der Waals surface area (Å²) in [5.41, 5.74) is -3.87. The van der Waals surface area contributed by atoms with Crippen LogP contribution in [0.25, 0.3) is 11.1 Å². The average molecular weight is 392 g/mol. The Kier molecular flexibility index (Phi) is 5.72. The van der Waals surface area contributed by atoms with Crippen LogP contribution in [0.1, 0.15) is 6.92 Å². The molecular formula is C18H14F6O3. The van der Waals surface area contributed by atoms with Crippen LogP contribution in [0, 0.1) is 0 Å². The molecule has 3 nitrogen and oxygen atoms in total. The number of alkyl halides is 6. The third kappa shape index (κ3) is 4.01. The van der Waals surface area contributed by atoms with Crippen molar-refractivity contribution in [2.24, 2.45) is 0 Å². The maximum Gasteiger partial charge on any atom is 0.449 e. The van der Waals surface area contributed by atoms with E-state index in [9.17, 15) is 31.1 Å². The van der Waals surface area contributed by atoms with Gasteiger partial charge < -0.3 is 9.47 Å². The molecule has 0 aromatic heterocycles. The van der Waals surface area contributed by atoms with Gasteiger partial charge in [-0.3, -0.25) is 0 Å². The molecule has 0 saturated carbocycles. The van der Waals surface area contributed by atoms with Crippen molar-refractivity contribution in [2.45, 2.75) is 24.9 Å². The van der Waals surface area contributed by atoms with Crippen LogP contribution in [0.5, 0.6) is 5.75 Å². The Morgan fingerprint density at radius 3 is 1.74 bits per heavy atom. The van der Waals surface area contributed by atoms with E-state index in [2.05, 4.69) is 9.47 Å². The van der Waals surface area contributed by atoms with E-state index < -0.39 is 36.3 Å². The van der Waals surface area contributed by atoms with Gasteiger partial charge in [0.25, 0.3) is 0 Å². The fourth-order valence-electron chi connectivity index (χ4n) is 2.31. The van der Waals surface area contributed by atoms with Gasteiger partial charge in [0.1, 0.15) is 5.75 Å². The summed E-state index contributed by atoms with van der Waals surface area (Å²) in [5, 5.41) is 0. The van der Waals surface area contributed by atoms with Crippen molar-refractivity contribution in [3.05, 3.63) is 54.6 Å². The average Bonchev–Trinajstić information content (AvgIpc) is 2.59. The van der Waals surface area contributed by atoms with E-state index in [0.29, 0.717) is 11.1 Å². The molecule has 9 heteroatoms. The van der Waals surface area contributed by atoms with E-state index in [1.807, 2.05) is 0 Å². The molecule has 0 heterocycles. The van der Waals surface area contributed by atoms with Gasteiger partial charge in [-0.15, -0.1) is 0 Å². The second-order valence-corrected chi connectivity index (χ2v) is 5.39. The lowest BCUT2D eigenvalue weighted by Crippen LogP contribution is -2.66. The van der Waals surface area contributed by atoms with Crippen LogP contribution in [0.2, 0.25) is 0 Å². The summed E-state index contributed by atoms with van der Waals surface area (Å²) in [6, 6.07) is 13.0. The van der Waals surface area contributed by atoms with Crippen molar-refractivity contribution in [3.63, 3.8) is 0 Å². The molecule has 0 bridgehead atoms. The number of ether oxygens (including phenoxy) is 2. The van der Waals surface area contributed by atoms with Crippen molar-refractivity contribution < 1.29 is 40.6 Å². The largest absolute Gasteiger partial charge is 0.462 e. The highest BCUT2D eigenvalue weighted by molar-refractivity contribution is 5.82. The van der Waals surface area contributed by atoms with Crippen LogP contribution in [-0.2, 0) is 9.53 Å². The number of carbonyl (C=O) groups is 1. The van der Waals surface area contributed by atoms with Crippen LogP contribution >= 0.6 is 0 Å². The van der Waals surface area contributed by atoms with Gasteiger partial charge in [-0.1, -0.05) is 42.5 Å². The Morgan fingerprint density at radius 1 is 0.815 bits per heavy atom. The Bertz CT molecular complexity index is 752. The third-order valence-electron chi connectivity index (χ3n) is 3.59. The number of benzene rings is 2. The normalized spacial score (nSPS) is 12.6. The number of carbonyl (C=O) groups excluding carboxylic acids is 1. The molecule has 0 aliphatic heterocycles. The van der Waals surface area contributed by atoms with Crippen LogP contribution in [0.15, 0.2) is 54.6 Å². The minimum Gasteiger partial charge on any atom is -0.462 e. The van der Waals surface area contributed by atoms with Gasteiger partial charge in [-0.2, -0.15) is 26.3 Å². The first kappa shape index (κ1) is 20.6. The number of hydrogen-bond donors (Lipinski definition) is 0. The Hall–Kier alpha value is -2.71. The summed E-state index contributed by atoms with van der Waals surface area (Å²) < 4.78 is 88.2. The highest BCUT2D eigenvalue weighted by Crippen LogP contribution is 2.47. The zero-order chi connectivity index (χ0) is 20.3. The summed E-state index contributed by atoms with van der Waals surface area (Å²) in [6.45, 7) is 0.410. The van der Waals surface area contributed by atoms with Crippen LogP contribution < -0.4 is 4.74 Å². The highest BCUT2D eigenvalue weighted by atomic mass is 19.4. The number of rotatable bonds is 5. The van der Waals surface area contributed by atoms with Crippen molar-refractivity contribution in [1.29, 1.82) is 0 Å². The maximum atomic E-state index is 13.3. The molecular weight excluding hydrogens is 378 g/mol. The predicted octanol–water partition coefficient (Wildman–Crippen LogP) is 5.16. The molecule has 27 heavy (non-hydrogen) atoms. The molecule has 2 aromatic rings. The van der Waals surface area contributed by atoms with E-state index in [1.165, 1.54) is 12.1 Å². The van der Waals surface area contributed by atoms with Gasteiger partial charge in [-0.25, -0.2) is 4.79 Å².